The molecule has 19 heavy (non-hydrogen) atoms. The predicted octanol–water partition coefficient (Wildman–Crippen LogP) is 4.37. The minimum absolute atomic E-state index is 0.594. The third-order valence-electron chi connectivity index (χ3n) is 2.53. The first-order chi connectivity index (χ1) is 9.22. The van der Waals surface area contributed by atoms with Crippen LogP contribution in [0.2, 0.25) is 0 Å². The average Bonchev–Trinajstić information content (AvgIpc) is 2.76. The second kappa shape index (κ2) is 6.85. The van der Waals surface area contributed by atoms with Crippen LogP contribution in [0.3, 0.4) is 0 Å². The monoisotopic (exact) mass is 307 g/mol. The van der Waals surface area contributed by atoms with Gasteiger partial charge in [0.05, 0.1) is 11.8 Å². The largest absolute Gasteiger partial charge is 0.211 e. The highest BCUT2D eigenvalue weighted by Gasteiger charge is 2.07. The number of hydrogen-bond acceptors (Lipinski definition) is 5. The second-order valence-electron chi connectivity index (χ2n) is 3.94. The lowest BCUT2D eigenvalue weighted by Crippen LogP contribution is -1.98. The third-order valence-corrected chi connectivity index (χ3v) is 4.98. The lowest BCUT2D eigenvalue weighted by molar-refractivity contribution is 0.822. The van der Waals surface area contributed by atoms with Gasteiger partial charge in [-0.25, -0.2) is 4.68 Å². The first-order valence-electron chi connectivity index (χ1n) is 5.88. The van der Waals surface area contributed by atoms with Crippen LogP contribution >= 0.6 is 35.3 Å². The number of rotatable bonds is 5. The van der Waals surface area contributed by atoms with Crippen LogP contribution in [-0.2, 0) is 0 Å². The molecule has 0 saturated heterocycles. The fraction of sp³-hybridized carbons (Fsp3) is 0.308. The fourth-order valence-corrected chi connectivity index (χ4v) is 3.94. The van der Waals surface area contributed by atoms with Gasteiger partial charge in [-0.05, 0) is 37.2 Å². The second-order valence-corrected chi connectivity index (χ2v) is 6.91. The Bertz CT molecular complexity index is 652. The van der Waals surface area contributed by atoms with Gasteiger partial charge in [0, 0.05) is 12.2 Å². The van der Waals surface area contributed by atoms with E-state index in [0.717, 1.165) is 31.7 Å². The topological polar surface area (TPSA) is 41.6 Å². The van der Waals surface area contributed by atoms with E-state index < -0.39 is 0 Å². The minimum atomic E-state index is 0.594. The number of benzene rings is 1. The lowest BCUT2D eigenvalue weighted by Gasteiger charge is -2.03. The Kier molecular flexibility index (Phi) is 5.14. The van der Waals surface area contributed by atoms with Crippen LogP contribution in [0.15, 0.2) is 28.6 Å². The van der Waals surface area contributed by atoms with Crippen molar-refractivity contribution in [3.63, 3.8) is 0 Å². The van der Waals surface area contributed by atoms with E-state index in [-0.39, 0.29) is 0 Å². The summed E-state index contributed by atoms with van der Waals surface area (Å²) in [7, 11) is 0. The van der Waals surface area contributed by atoms with Gasteiger partial charge < -0.3 is 0 Å². The van der Waals surface area contributed by atoms with Crippen molar-refractivity contribution < 1.29 is 0 Å². The van der Waals surface area contributed by atoms with Crippen molar-refractivity contribution in [2.24, 2.45) is 0 Å². The zero-order valence-corrected chi connectivity index (χ0v) is 12.9. The third kappa shape index (κ3) is 3.66. The van der Waals surface area contributed by atoms with Crippen LogP contribution in [0.25, 0.3) is 5.69 Å². The summed E-state index contributed by atoms with van der Waals surface area (Å²) in [4.78, 5) is 0. The molecule has 0 unspecified atom stereocenters. The first-order valence-corrected chi connectivity index (χ1v) is 8.09. The quantitative estimate of drug-likeness (QED) is 0.467. The van der Waals surface area contributed by atoms with Crippen molar-refractivity contribution in [2.75, 3.05) is 5.75 Å². The molecule has 1 aromatic heterocycles. The first kappa shape index (κ1) is 14.3. The summed E-state index contributed by atoms with van der Waals surface area (Å²) >= 11 is 8.56. The highest BCUT2D eigenvalue weighted by molar-refractivity contribution is 8.01. The smallest absolute Gasteiger partial charge is 0.184 e. The van der Waals surface area contributed by atoms with Gasteiger partial charge in [-0.15, -0.1) is 5.10 Å². The normalized spacial score (nSPS) is 10.3. The standard InChI is InChI=1S/C13H13N3S3/c1-10-6-2-3-7-11(10)16-13(17)19-12(15-16)18-9-5-4-8-14/h2-3,6-7H,4-5,9H2,1H3. The van der Waals surface area contributed by atoms with Gasteiger partial charge in [0.1, 0.15) is 0 Å². The molecule has 0 aliphatic heterocycles. The van der Waals surface area contributed by atoms with E-state index in [1.807, 2.05) is 22.9 Å². The Morgan fingerprint density at radius 3 is 3.00 bits per heavy atom. The maximum atomic E-state index is 8.50. The number of thioether (sulfide) groups is 1. The molecule has 0 N–H and O–H groups in total. The van der Waals surface area contributed by atoms with E-state index in [0.29, 0.717) is 6.42 Å². The molecule has 3 nitrogen and oxygen atoms in total. The van der Waals surface area contributed by atoms with E-state index >= 15 is 0 Å². The Morgan fingerprint density at radius 1 is 1.47 bits per heavy atom. The molecule has 98 valence electrons. The van der Waals surface area contributed by atoms with Crippen molar-refractivity contribution in [3.05, 3.63) is 33.8 Å². The maximum Gasteiger partial charge on any atom is 0.184 e. The molecular formula is C13H13N3S3. The molecule has 0 aliphatic rings. The van der Waals surface area contributed by atoms with Crippen molar-refractivity contribution in [3.8, 4) is 11.8 Å². The number of aryl methyl sites for hydroxylation is 1. The van der Waals surface area contributed by atoms with Gasteiger partial charge in [-0.3, -0.25) is 0 Å². The van der Waals surface area contributed by atoms with Crippen LogP contribution in [0.5, 0.6) is 0 Å². The molecule has 0 radical (unpaired) electrons. The molecule has 2 aromatic rings. The zero-order valence-electron chi connectivity index (χ0n) is 10.5. The summed E-state index contributed by atoms with van der Waals surface area (Å²) in [6.07, 6.45) is 1.48. The van der Waals surface area contributed by atoms with Crippen molar-refractivity contribution in [1.29, 1.82) is 5.26 Å². The highest BCUT2D eigenvalue weighted by Crippen LogP contribution is 2.25. The van der Waals surface area contributed by atoms with Crippen LogP contribution < -0.4 is 0 Å². The van der Waals surface area contributed by atoms with Crippen LogP contribution in [-0.4, -0.2) is 15.5 Å². The number of nitrogens with zero attached hydrogens (tertiary/aromatic N) is 3. The van der Waals surface area contributed by atoms with E-state index in [4.69, 9.17) is 17.5 Å². The maximum absolute atomic E-state index is 8.50. The summed E-state index contributed by atoms with van der Waals surface area (Å²) in [5.41, 5.74) is 2.19. The Balaban J connectivity index is 2.16. The molecule has 0 aliphatic carbocycles. The Hall–Kier alpha value is -1.16. The van der Waals surface area contributed by atoms with Gasteiger partial charge in [0.25, 0.3) is 0 Å². The SMILES string of the molecule is Cc1ccccc1-n1nc(SCCCC#N)sc1=S. The average molecular weight is 307 g/mol. The molecule has 0 atom stereocenters. The molecule has 0 saturated carbocycles. The number of hydrogen-bond donors (Lipinski definition) is 0. The highest BCUT2D eigenvalue weighted by atomic mass is 32.2. The van der Waals surface area contributed by atoms with E-state index in [1.54, 1.807) is 11.8 Å². The number of aromatic nitrogens is 2. The number of unbranched alkanes of at least 4 members (excludes halogenated alkanes) is 1. The van der Waals surface area contributed by atoms with E-state index in [9.17, 15) is 0 Å². The van der Waals surface area contributed by atoms with Gasteiger partial charge in [-0.1, -0.05) is 41.3 Å². The molecule has 2 rings (SSSR count). The van der Waals surface area contributed by atoms with Crippen molar-refractivity contribution >= 4 is 35.3 Å². The summed E-state index contributed by atoms with van der Waals surface area (Å²) in [6.45, 7) is 2.05. The predicted molar refractivity (Wildman–Crippen MR) is 82.6 cm³/mol. The summed E-state index contributed by atoms with van der Waals surface area (Å²) in [5, 5.41) is 13.0. The molecule has 0 fully saturated rings. The van der Waals surface area contributed by atoms with Crippen LogP contribution in [0.1, 0.15) is 18.4 Å². The molecule has 0 amide bonds. The summed E-state index contributed by atoms with van der Waals surface area (Å²) in [6, 6.07) is 10.2. The molecule has 6 heteroatoms. The molecule has 1 aromatic carbocycles. The van der Waals surface area contributed by atoms with Crippen LogP contribution in [0.4, 0.5) is 0 Å². The minimum Gasteiger partial charge on any atom is -0.211 e. The summed E-state index contributed by atoms with van der Waals surface area (Å²) < 4.78 is 3.55. The molecule has 0 spiro atoms. The van der Waals surface area contributed by atoms with Gasteiger partial charge >= 0.3 is 0 Å². The van der Waals surface area contributed by atoms with Gasteiger partial charge in [0.15, 0.2) is 8.29 Å². The summed E-state index contributed by atoms with van der Waals surface area (Å²) in [5.74, 6) is 0.906. The van der Waals surface area contributed by atoms with E-state index in [2.05, 4.69) is 24.2 Å². The Labute approximate surface area is 125 Å². The molecular weight excluding hydrogens is 294 g/mol. The number of para-hydroxylation sites is 1. The lowest BCUT2D eigenvalue weighted by atomic mass is 10.2. The fourth-order valence-electron chi connectivity index (χ4n) is 1.58. The van der Waals surface area contributed by atoms with Crippen LogP contribution in [0, 0.1) is 22.2 Å². The van der Waals surface area contributed by atoms with Gasteiger partial charge in [-0.2, -0.15) is 5.26 Å². The molecule has 0 bridgehead atoms. The van der Waals surface area contributed by atoms with Crippen molar-refractivity contribution in [1.82, 2.24) is 9.78 Å². The Morgan fingerprint density at radius 2 is 2.26 bits per heavy atom. The van der Waals surface area contributed by atoms with Crippen molar-refractivity contribution in [2.45, 2.75) is 24.1 Å². The molecule has 1 heterocycles. The van der Waals surface area contributed by atoms with E-state index in [1.165, 1.54) is 11.3 Å². The van der Waals surface area contributed by atoms with Gasteiger partial charge in [0.2, 0.25) is 0 Å². The number of nitriles is 1. The zero-order chi connectivity index (χ0) is 13.7.